The van der Waals surface area contributed by atoms with Crippen LogP contribution in [0.1, 0.15) is 54.1 Å². The molecular weight excluding hydrogens is 406 g/mol. The molecular formula is C25H33N3O4. The van der Waals surface area contributed by atoms with Crippen LogP contribution in [0.25, 0.3) is 0 Å². The highest BCUT2D eigenvalue weighted by Gasteiger charge is 2.44. The van der Waals surface area contributed by atoms with Gasteiger partial charge >= 0.3 is 0 Å². The van der Waals surface area contributed by atoms with Crippen LogP contribution in [0.3, 0.4) is 0 Å². The van der Waals surface area contributed by atoms with Crippen molar-refractivity contribution in [2.75, 3.05) is 39.4 Å². The number of amides is 2. The molecule has 2 saturated heterocycles. The van der Waals surface area contributed by atoms with E-state index in [1.54, 1.807) is 4.90 Å². The fourth-order valence-electron chi connectivity index (χ4n) is 4.73. The minimum absolute atomic E-state index is 0.0676. The lowest BCUT2D eigenvalue weighted by atomic mass is 9.86. The Labute approximate surface area is 189 Å². The highest BCUT2D eigenvalue weighted by molar-refractivity contribution is 5.99. The topological polar surface area (TPSA) is 75.0 Å². The molecule has 4 rings (SSSR count). The van der Waals surface area contributed by atoms with Crippen LogP contribution in [0.4, 0.5) is 0 Å². The minimum Gasteiger partial charge on any atom is -0.465 e. The smallest absolute Gasteiger partial charge is 0.254 e. The van der Waals surface area contributed by atoms with E-state index in [1.165, 1.54) is 0 Å². The molecule has 0 saturated carbocycles. The largest absolute Gasteiger partial charge is 0.465 e. The van der Waals surface area contributed by atoms with E-state index in [0.29, 0.717) is 38.3 Å². The molecule has 0 aliphatic carbocycles. The Morgan fingerprint density at radius 2 is 1.81 bits per heavy atom. The number of hydrogen-bond donors (Lipinski definition) is 1. The fraction of sp³-hybridized carbons (Fsp3) is 0.520. The number of piperidine rings is 1. The third-order valence-electron chi connectivity index (χ3n) is 6.68. The number of morpholine rings is 1. The van der Waals surface area contributed by atoms with E-state index in [1.807, 2.05) is 56.3 Å². The molecule has 1 aromatic carbocycles. The molecule has 0 spiro atoms. The van der Waals surface area contributed by atoms with E-state index in [2.05, 4.69) is 10.2 Å². The number of carbonyl (C=O) groups excluding carboxylic acids is 2. The molecule has 0 radical (unpaired) electrons. The van der Waals surface area contributed by atoms with Gasteiger partial charge in [-0.3, -0.25) is 14.5 Å². The van der Waals surface area contributed by atoms with Gasteiger partial charge in [-0.15, -0.1) is 0 Å². The van der Waals surface area contributed by atoms with Crippen molar-refractivity contribution in [3.63, 3.8) is 0 Å². The van der Waals surface area contributed by atoms with Crippen molar-refractivity contribution in [1.29, 1.82) is 0 Å². The SMILES string of the molecule is Cc1ccc(C(CNC(=O)C2(C)CCCCN2C(=O)c2ccccc2)N2CCOCC2)o1. The highest BCUT2D eigenvalue weighted by atomic mass is 16.5. The molecule has 2 aliphatic heterocycles. The number of aryl methyl sites for hydroxylation is 1. The summed E-state index contributed by atoms with van der Waals surface area (Å²) in [5.41, 5.74) is -0.259. The van der Waals surface area contributed by atoms with Gasteiger partial charge in [-0.05, 0) is 57.4 Å². The van der Waals surface area contributed by atoms with Crippen molar-refractivity contribution in [1.82, 2.24) is 15.1 Å². The van der Waals surface area contributed by atoms with Crippen LogP contribution in [-0.2, 0) is 9.53 Å². The molecule has 7 heteroatoms. The van der Waals surface area contributed by atoms with Crippen LogP contribution < -0.4 is 5.32 Å². The summed E-state index contributed by atoms with van der Waals surface area (Å²) in [6.45, 7) is 7.74. The molecule has 2 amide bonds. The molecule has 172 valence electrons. The van der Waals surface area contributed by atoms with Gasteiger partial charge in [0.1, 0.15) is 17.1 Å². The van der Waals surface area contributed by atoms with E-state index in [0.717, 1.165) is 37.5 Å². The first-order valence-corrected chi connectivity index (χ1v) is 11.5. The maximum Gasteiger partial charge on any atom is 0.254 e. The number of hydrogen-bond acceptors (Lipinski definition) is 5. The Morgan fingerprint density at radius 3 is 2.50 bits per heavy atom. The first kappa shape index (κ1) is 22.6. The van der Waals surface area contributed by atoms with Gasteiger partial charge in [-0.25, -0.2) is 0 Å². The predicted molar refractivity (Wildman–Crippen MR) is 121 cm³/mol. The van der Waals surface area contributed by atoms with Crippen molar-refractivity contribution in [2.45, 2.75) is 44.7 Å². The van der Waals surface area contributed by atoms with E-state index in [4.69, 9.17) is 9.15 Å². The van der Waals surface area contributed by atoms with E-state index < -0.39 is 5.54 Å². The van der Waals surface area contributed by atoms with Crippen LogP contribution in [0.2, 0.25) is 0 Å². The normalized spacial score (nSPS) is 23.0. The standard InChI is InChI=1S/C25H33N3O4/c1-19-10-11-22(32-19)21(27-14-16-31-17-15-27)18-26-24(30)25(2)12-6-7-13-28(25)23(29)20-8-4-3-5-9-20/h3-5,8-11,21H,6-7,12-18H2,1-2H3,(H,26,30). The van der Waals surface area contributed by atoms with E-state index >= 15 is 0 Å². The van der Waals surface area contributed by atoms with Crippen LogP contribution in [0.15, 0.2) is 46.9 Å². The third-order valence-corrected chi connectivity index (χ3v) is 6.68. The van der Waals surface area contributed by atoms with Crippen molar-refractivity contribution in [3.8, 4) is 0 Å². The van der Waals surface area contributed by atoms with Crippen molar-refractivity contribution in [2.24, 2.45) is 0 Å². The summed E-state index contributed by atoms with van der Waals surface area (Å²) < 4.78 is 11.4. The Kier molecular flexibility index (Phi) is 6.96. The lowest BCUT2D eigenvalue weighted by Gasteiger charge is -2.44. The number of nitrogens with one attached hydrogen (secondary N) is 1. The van der Waals surface area contributed by atoms with Gasteiger partial charge in [-0.2, -0.15) is 0 Å². The molecule has 7 nitrogen and oxygen atoms in total. The number of likely N-dealkylation sites (tertiary alicyclic amines) is 1. The zero-order valence-corrected chi connectivity index (χ0v) is 19.0. The number of rotatable bonds is 6. The Hall–Kier alpha value is -2.64. The Bertz CT molecular complexity index is 922. The van der Waals surface area contributed by atoms with Crippen molar-refractivity contribution < 1.29 is 18.7 Å². The van der Waals surface area contributed by atoms with Crippen LogP contribution in [0.5, 0.6) is 0 Å². The van der Waals surface area contributed by atoms with Crippen molar-refractivity contribution >= 4 is 11.8 Å². The number of carbonyl (C=O) groups is 2. The van der Waals surface area contributed by atoms with Gasteiger partial charge < -0.3 is 19.4 Å². The zero-order chi connectivity index (χ0) is 22.6. The molecule has 2 aliphatic rings. The van der Waals surface area contributed by atoms with Crippen LogP contribution >= 0.6 is 0 Å². The van der Waals surface area contributed by atoms with Gasteiger partial charge in [0.05, 0.1) is 19.3 Å². The highest BCUT2D eigenvalue weighted by Crippen LogP contribution is 2.30. The second-order valence-corrected chi connectivity index (χ2v) is 8.88. The number of benzene rings is 1. The minimum atomic E-state index is -0.875. The molecule has 2 atom stereocenters. The summed E-state index contributed by atoms with van der Waals surface area (Å²) >= 11 is 0. The second kappa shape index (κ2) is 9.88. The summed E-state index contributed by atoms with van der Waals surface area (Å²) in [6, 6.07) is 13.1. The average molecular weight is 440 g/mol. The van der Waals surface area contributed by atoms with Gasteiger partial charge in [0, 0.05) is 31.7 Å². The summed E-state index contributed by atoms with van der Waals surface area (Å²) in [5.74, 6) is 1.50. The van der Waals surface area contributed by atoms with Crippen molar-refractivity contribution in [3.05, 3.63) is 59.5 Å². The average Bonchev–Trinajstić information content (AvgIpc) is 3.26. The van der Waals surface area contributed by atoms with Gasteiger partial charge in [-0.1, -0.05) is 18.2 Å². The summed E-state index contributed by atoms with van der Waals surface area (Å²) in [5, 5.41) is 3.16. The maximum absolute atomic E-state index is 13.5. The fourth-order valence-corrected chi connectivity index (χ4v) is 4.73. The maximum atomic E-state index is 13.5. The predicted octanol–water partition coefficient (Wildman–Crippen LogP) is 3.16. The number of nitrogens with zero attached hydrogens (tertiary/aromatic N) is 2. The van der Waals surface area contributed by atoms with E-state index in [9.17, 15) is 9.59 Å². The number of ether oxygens (including phenoxy) is 1. The molecule has 1 N–H and O–H groups in total. The summed E-state index contributed by atoms with van der Waals surface area (Å²) in [7, 11) is 0. The lowest BCUT2D eigenvalue weighted by molar-refractivity contribution is -0.133. The van der Waals surface area contributed by atoms with Crippen LogP contribution in [0, 0.1) is 6.92 Å². The van der Waals surface area contributed by atoms with Gasteiger partial charge in [0.2, 0.25) is 5.91 Å². The van der Waals surface area contributed by atoms with Gasteiger partial charge in [0.25, 0.3) is 5.91 Å². The molecule has 2 unspecified atom stereocenters. The Morgan fingerprint density at radius 1 is 1.06 bits per heavy atom. The molecule has 3 heterocycles. The summed E-state index contributed by atoms with van der Waals surface area (Å²) in [4.78, 5) is 30.8. The summed E-state index contributed by atoms with van der Waals surface area (Å²) in [6.07, 6.45) is 2.48. The molecule has 1 aromatic heterocycles. The molecule has 0 bridgehead atoms. The lowest BCUT2D eigenvalue weighted by Crippen LogP contribution is -2.61. The molecule has 2 aromatic rings. The second-order valence-electron chi connectivity index (χ2n) is 8.88. The molecule has 32 heavy (non-hydrogen) atoms. The molecule has 2 fully saturated rings. The quantitative estimate of drug-likeness (QED) is 0.748. The first-order valence-electron chi connectivity index (χ1n) is 11.5. The van der Waals surface area contributed by atoms with Crippen LogP contribution in [-0.4, -0.2) is 66.5 Å². The Balaban J connectivity index is 1.50. The zero-order valence-electron chi connectivity index (χ0n) is 19.0. The monoisotopic (exact) mass is 439 g/mol. The number of furan rings is 1. The van der Waals surface area contributed by atoms with Gasteiger partial charge in [0.15, 0.2) is 0 Å². The third kappa shape index (κ3) is 4.74. The first-order chi connectivity index (χ1) is 15.5. The van der Waals surface area contributed by atoms with E-state index in [-0.39, 0.29) is 17.9 Å².